The number of carbonyl (C=O) groups is 3. The second-order valence-corrected chi connectivity index (χ2v) is 10.3. The highest BCUT2D eigenvalue weighted by molar-refractivity contribution is 6.36. The standard InChI is InChI=1S/C30H33Cl2N3O3/c1-3-5-17-33-29(37)25(4-2)35(19-22-23(31)13-8-14-24(22)32)27(36)16-9-18-34-26-15-7-11-20-10-6-12-21(28(20)26)30(34)38/h6-8,10-15,25H,3-5,9,16-19H2,1-2H3,(H,33,37)/t25-/m0/s1. The fourth-order valence-corrected chi connectivity index (χ4v) is 5.53. The number of hydrogen-bond acceptors (Lipinski definition) is 3. The van der Waals surface area contributed by atoms with Gasteiger partial charge in [-0.05, 0) is 48.9 Å². The molecule has 1 aliphatic heterocycles. The zero-order chi connectivity index (χ0) is 27.2. The second-order valence-electron chi connectivity index (χ2n) is 9.53. The first-order chi connectivity index (χ1) is 18.4. The molecule has 1 N–H and O–H groups in total. The number of hydrogen-bond donors (Lipinski definition) is 1. The molecule has 6 nitrogen and oxygen atoms in total. The molecule has 0 saturated heterocycles. The van der Waals surface area contributed by atoms with E-state index in [1.54, 1.807) is 28.0 Å². The molecule has 0 radical (unpaired) electrons. The fourth-order valence-electron chi connectivity index (χ4n) is 5.01. The summed E-state index contributed by atoms with van der Waals surface area (Å²) in [5.74, 6) is -0.416. The maximum atomic E-state index is 13.6. The van der Waals surface area contributed by atoms with Gasteiger partial charge in [0, 0.05) is 52.6 Å². The summed E-state index contributed by atoms with van der Waals surface area (Å²) < 4.78 is 0. The Morgan fingerprint density at radius 3 is 2.34 bits per heavy atom. The highest BCUT2D eigenvalue weighted by Crippen LogP contribution is 2.37. The average molecular weight is 555 g/mol. The SMILES string of the molecule is CCCCNC(=O)[C@H](CC)N(Cc1c(Cl)cccc1Cl)C(=O)CCCN1C(=O)c2cccc3cccc1c23. The van der Waals surface area contributed by atoms with Crippen LogP contribution in [0.15, 0.2) is 54.6 Å². The van der Waals surface area contributed by atoms with Crippen LogP contribution in [-0.2, 0) is 16.1 Å². The number of nitrogens with zero attached hydrogens (tertiary/aromatic N) is 2. The lowest BCUT2D eigenvalue weighted by molar-refractivity contribution is -0.141. The monoisotopic (exact) mass is 553 g/mol. The van der Waals surface area contributed by atoms with Crippen molar-refractivity contribution in [3.63, 3.8) is 0 Å². The third kappa shape index (κ3) is 5.82. The van der Waals surface area contributed by atoms with E-state index in [4.69, 9.17) is 23.2 Å². The van der Waals surface area contributed by atoms with Crippen LogP contribution in [0.25, 0.3) is 10.8 Å². The number of nitrogens with one attached hydrogen (secondary N) is 1. The predicted molar refractivity (Wildman–Crippen MR) is 154 cm³/mol. The summed E-state index contributed by atoms with van der Waals surface area (Å²) in [4.78, 5) is 43.2. The molecular weight excluding hydrogens is 521 g/mol. The summed E-state index contributed by atoms with van der Waals surface area (Å²) >= 11 is 12.9. The molecule has 200 valence electrons. The first-order valence-electron chi connectivity index (χ1n) is 13.2. The summed E-state index contributed by atoms with van der Waals surface area (Å²) in [6.45, 7) is 5.04. The smallest absolute Gasteiger partial charge is 0.258 e. The molecule has 38 heavy (non-hydrogen) atoms. The van der Waals surface area contributed by atoms with Crippen molar-refractivity contribution in [2.75, 3.05) is 18.0 Å². The highest BCUT2D eigenvalue weighted by atomic mass is 35.5. The van der Waals surface area contributed by atoms with E-state index in [-0.39, 0.29) is 30.7 Å². The summed E-state index contributed by atoms with van der Waals surface area (Å²) in [6.07, 6.45) is 2.91. The topological polar surface area (TPSA) is 69.7 Å². The minimum absolute atomic E-state index is 0.0503. The van der Waals surface area contributed by atoms with Crippen LogP contribution < -0.4 is 10.2 Å². The minimum atomic E-state index is -0.655. The molecule has 4 rings (SSSR count). The quantitative estimate of drug-likeness (QED) is 0.256. The minimum Gasteiger partial charge on any atom is -0.354 e. The van der Waals surface area contributed by atoms with Crippen molar-refractivity contribution in [1.29, 1.82) is 0 Å². The van der Waals surface area contributed by atoms with Gasteiger partial charge in [0.05, 0.1) is 5.69 Å². The second kappa shape index (κ2) is 12.6. The zero-order valence-corrected chi connectivity index (χ0v) is 23.3. The van der Waals surface area contributed by atoms with Crippen LogP contribution in [0.5, 0.6) is 0 Å². The molecule has 1 aliphatic rings. The Kier molecular flexibility index (Phi) is 9.29. The summed E-state index contributed by atoms with van der Waals surface area (Å²) in [5, 5.41) is 5.84. The van der Waals surface area contributed by atoms with Crippen molar-refractivity contribution in [3.05, 3.63) is 75.8 Å². The molecule has 0 aromatic heterocycles. The first kappa shape index (κ1) is 27.9. The number of benzene rings is 3. The summed E-state index contributed by atoms with van der Waals surface area (Å²) in [6, 6.07) is 16.2. The van der Waals surface area contributed by atoms with Crippen LogP contribution in [0.2, 0.25) is 10.0 Å². The van der Waals surface area contributed by atoms with E-state index < -0.39 is 6.04 Å². The van der Waals surface area contributed by atoms with Gasteiger partial charge in [0.15, 0.2) is 0 Å². The Morgan fingerprint density at radius 2 is 1.66 bits per heavy atom. The molecule has 3 amide bonds. The van der Waals surface area contributed by atoms with Crippen LogP contribution in [-0.4, -0.2) is 41.8 Å². The number of amides is 3. The third-order valence-corrected chi connectivity index (χ3v) is 7.74. The zero-order valence-electron chi connectivity index (χ0n) is 21.8. The molecule has 0 unspecified atom stereocenters. The van der Waals surface area contributed by atoms with E-state index in [0.29, 0.717) is 47.1 Å². The molecule has 1 heterocycles. The van der Waals surface area contributed by atoms with E-state index in [2.05, 4.69) is 12.2 Å². The molecule has 0 aliphatic carbocycles. The van der Waals surface area contributed by atoms with Gasteiger partial charge in [-0.3, -0.25) is 14.4 Å². The van der Waals surface area contributed by atoms with Gasteiger partial charge in [0.2, 0.25) is 11.8 Å². The Bertz CT molecular complexity index is 1320. The highest BCUT2D eigenvalue weighted by Gasteiger charge is 2.31. The van der Waals surface area contributed by atoms with Gasteiger partial charge in [0.25, 0.3) is 5.91 Å². The molecule has 0 fully saturated rings. The lowest BCUT2D eigenvalue weighted by atomic mass is 10.1. The number of unbranched alkanes of at least 4 members (excludes halogenated alkanes) is 1. The van der Waals surface area contributed by atoms with Crippen LogP contribution in [0.3, 0.4) is 0 Å². The summed E-state index contributed by atoms with van der Waals surface area (Å²) in [5.41, 5.74) is 2.17. The lowest BCUT2D eigenvalue weighted by Gasteiger charge is -2.31. The van der Waals surface area contributed by atoms with Crippen LogP contribution >= 0.6 is 23.2 Å². The molecule has 1 atom stereocenters. The van der Waals surface area contributed by atoms with Crippen LogP contribution in [0, 0.1) is 0 Å². The first-order valence-corrected chi connectivity index (χ1v) is 14.0. The molecular formula is C30H33Cl2N3O3. The number of anilines is 1. The van der Waals surface area contributed by atoms with Crippen LogP contribution in [0.4, 0.5) is 5.69 Å². The Morgan fingerprint density at radius 1 is 0.974 bits per heavy atom. The number of rotatable bonds is 12. The van der Waals surface area contributed by atoms with Gasteiger partial charge in [-0.1, -0.05) is 73.8 Å². The van der Waals surface area contributed by atoms with E-state index in [1.165, 1.54) is 0 Å². The lowest BCUT2D eigenvalue weighted by Crippen LogP contribution is -2.49. The maximum absolute atomic E-state index is 13.6. The third-order valence-electron chi connectivity index (χ3n) is 7.03. The molecule has 8 heteroatoms. The average Bonchev–Trinajstić information content (AvgIpc) is 3.18. The molecule has 0 spiro atoms. The Hall–Kier alpha value is -3.09. The number of carbonyl (C=O) groups excluding carboxylic acids is 3. The van der Waals surface area contributed by atoms with E-state index >= 15 is 0 Å². The molecule has 3 aromatic carbocycles. The van der Waals surface area contributed by atoms with Crippen molar-refractivity contribution < 1.29 is 14.4 Å². The van der Waals surface area contributed by atoms with Gasteiger partial charge in [0.1, 0.15) is 6.04 Å². The van der Waals surface area contributed by atoms with E-state index in [9.17, 15) is 14.4 Å². The van der Waals surface area contributed by atoms with Gasteiger partial charge >= 0.3 is 0 Å². The van der Waals surface area contributed by atoms with E-state index in [0.717, 1.165) is 29.3 Å². The largest absolute Gasteiger partial charge is 0.354 e. The van der Waals surface area contributed by atoms with Crippen molar-refractivity contribution >= 4 is 57.4 Å². The Balaban J connectivity index is 1.50. The molecule has 0 bridgehead atoms. The molecule has 0 saturated carbocycles. The van der Waals surface area contributed by atoms with Gasteiger partial charge in [-0.25, -0.2) is 0 Å². The normalized spacial score (nSPS) is 13.2. The summed E-state index contributed by atoms with van der Waals surface area (Å²) in [7, 11) is 0. The van der Waals surface area contributed by atoms with E-state index in [1.807, 2.05) is 43.3 Å². The predicted octanol–water partition coefficient (Wildman–Crippen LogP) is 6.61. The maximum Gasteiger partial charge on any atom is 0.258 e. The Labute approximate surface area is 233 Å². The number of halogens is 2. The fraction of sp³-hybridized carbons (Fsp3) is 0.367. The van der Waals surface area contributed by atoms with Gasteiger partial charge < -0.3 is 15.1 Å². The van der Waals surface area contributed by atoms with Crippen molar-refractivity contribution in [1.82, 2.24) is 10.2 Å². The van der Waals surface area contributed by atoms with Crippen LogP contribution in [0.1, 0.15) is 61.9 Å². The van der Waals surface area contributed by atoms with Crippen molar-refractivity contribution in [2.45, 2.75) is 58.5 Å². The molecule has 3 aromatic rings. The van der Waals surface area contributed by atoms with Crippen molar-refractivity contribution in [3.8, 4) is 0 Å². The van der Waals surface area contributed by atoms with Gasteiger partial charge in [-0.2, -0.15) is 0 Å². The van der Waals surface area contributed by atoms with Gasteiger partial charge in [-0.15, -0.1) is 0 Å². The van der Waals surface area contributed by atoms with Crippen molar-refractivity contribution in [2.24, 2.45) is 0 Å².